The highest BCUT2D eigenvalue weighted by Gasteiger charge is 2.28. The van der Waals surface area contributed by atoms with Crippen molar-refractivity contribution in [3.05, 3.63) is 36.5 Å². The lowest BCUT2D eigenvalue weighted by Crippen LogP contribution is -2.46. The van der Waals surface area contributed by atoms with Crippen LogP contribution >= 0.6 is 7.82 Å². The van der Waals surface area contributed by atoms with Gasteiger partial charge < -0.3 is 19.8 Å². The minimum absolute atomic E-state index is 0.0716. The van der Waals surface area contributed by atoms with Gasteiger partial charge in [0.15, 0.2) is 0 Å². The largest absolute Gasteiger partial charge is 0.472 e. The number of quaternary nitrogens is 1. The van der Waals surface area contributed by atoms with E-state index in [9.17, 15) is 19.4 Å². The van der Waals surface area contributed by atoms with Crippen LogP contribution < -0.4 is 5.32 Å². The third kappa shape index (κ3) is 48.5. The topological polar surface area (TPSA) is 105 Å². The number of amides is 1. The van der Waals surface area contributed by atoms with Gasteiger partial charge in [0.05, 0.1) is 39.9 Å². The van der Waals surface area contributed by atoms with Gasteiger partial charge in [-0.25, -0.2) is 4.57 Å². The molecule has 0 aromatic carbocycles. The fraction of sp³-hybridized carbons (Fsp3) is 0.870. The molecule has 0 spiro atoms. The Morgan fingerprint density at radius 2 is 0.905 bits per heavy atom. The monoisotopic (exact) mass is 910 g/mol. The smallest absolute Gasteiger partial charge is 0.391 e. The van der Waals surface area contributed by atoms with Gasteiger partial charge in [0.1, 0.15) is 13.2 Å². The lowest BCUT2D eigenvalue weighted by Gasteiger charge is -2.26. The average Bonchev–Trinajstić information content (AvgIpc) is 3.24. The summed E-state index contributed by atoms with van der Waals surface area (Å²) in [5.41, 5.74) is 0. The van der Waals surface area contributed by atoms with E-state index in [2.05, 4.69) is 55.6 Å². The molecule has 0 saturated carbocycles. The zero-order valence-corrected chi connectivity index (χ0v) is 43.2. The molecule has 8 nitrogen and oxygen atoms in total. The van der Waals surface area contributed by atoms with Crippen LogP contribution in [0.1, 0.15) is 251 Å². The maximum atomic E-state index is 13.0. The first-order valence-corrected chi connectivity index (χ1v) is 28.3. The molecule has 3 atom stereocenters. The van der Waals surface area contributed by atoms with Crippen molar-refractivity contribution < 1.29 is 32.9 Å². The summed E-state index contributed by atoms with van der Waals surface area (Å²) >= 11 is 0. The van der Waals surface area contributed by atoms with Crippen molar-refractivity contribution in [2.24, 2.45) is 0 Å². The molecule has 1 amide bonds. The third-order valence-corrected chi connectivity index (χ3v) is 13.1. The Balaban J connectivity index is 4.27. The van der Waals surface area contributed by atoms with Gasteiger partial charge in [-0.3, -0.25) is 13.8 Å². The first-order chi connectivity index (χ1) is 30.5. The van der Waals surface area contributed by atoms with E-state index in [0.717, 1.165) is 64.2 Å². The number of carbonyl (C=O) groups excluding carboxylic acids is 1. The number of carbonyl (C=O) groups is 1. The lowest BCUT2D eigenvalue weighted by molar-refractivity contribution is -0.870. The highest BCUT2D eigenvalue weighted by Crippen LogP contribution is 2.43. The van der Waals surface area contributed by atoms with E-state index in [1.807, 2.05) is 21.1 Å². The molecule has 372 valence electrons. The van der Waals surface area contributed by atoms with Gasteiger partial charge in [0, 0.05) is 6.42 Å². The van der Waals surface area contributed by atoms with E-state index >= 15 is 0 Å². The van der Waals surface area contributed by atoms with Crippen molar-refractivity contribution in [1.29, 1.82) is 0 Å². The molecule has 0 aromatic heterocycles. The highest BCUT2D eigenvalue weighted by atomic mass is 31.2. The SMILES string of the molecule is CCCCCCC/C=C\C/C=C\C/C=C\CCCCCCCCC(=O)NC(COP(=O)(O)OCC[N+](C)(C)C)C(O)CCCCCCCCCCCCCCCCCCCCCC. The van der Waals surface area contributed by atoms with Crippen LogP contribution in [0.4, 0.5) is 0 Å². The molecule has 3 unspecified atom stereocenters. The Labute approximate surface area is 391 Å². The second-order valence-corrected chi connectivity index (χ2v) is 21.1. The highest BCUT2D eigenvalue weighted by molar-refractivity contribution is 7.47. The zero-order chi connectivity index (χ0) is 46.4. The molecule has 0 aromatic rings. The lowest BCUT2D eigenvalue weighted by atomic mass is 10.0. The molecular weight excluding hydrogens is 804 g/mol. The van der Waals surface area contributed by atoms with Crippen molar-refractivity contribution in [2.75, 3.05) is 40.9 Å². The van der Waals surface area contributed by atoms with Crippen molar-refractivity contribution >= 4 is 13.7 Å². The van der Waals surface area contributed by atoms with Crippen molar-refractivity contribution in [2.45, 2.75) is 264 Å². The number of unbranched alkanes of at least 4 members (excludes halogenated alkanes) is 30. The van der Waals surface area contributed by atoms with Crippen LogP contribution in [-0.2, 0) is 18.4 Å². The molecule has 9 heteroatoms. The summed E-state index contributed by atoms with van der Waals surface area (Å²) in [6, 6.07) is -0.768. The Bertz CT molecular complexity index is 1120. The Hall–Kier alpha value is -1.28. The van der Waals surface area contributed by atoms with Crippen LogP contribution in [0.2, 0.25) is 0 Å². The van der Waals surface area contributed by atoms with Crippen molar-refractivity contribution in [1.82, 2.24) is 5.32 Å². The number of allylic oxidation sites excluding steroid dienone is 6. The van der Waals surface area contributed by atoms with Gasteiger partial charge in [0.25, 0.3) is 0 Å². The molecule has 3 N–H and O–H groups in total. The van der Waals surface area contributed by atoms with Crippen LogP contribution in [0.5, 0.6) is 0 Å². The molecule has 63 heavy (non-hydrogen) atoms. The number of aliphatic hydroxyl groups is 1. The van der Waals surface area contributed by atoms with Crippen LogP contribution in [-0.4, -0.2) is 73.4 Å². The number of phosphoric ester groups is 1. The maximum Gasteiger partial charge on any atom is 0.472 e. The molecular formula is C54H106N2O6P+. The minimum Gasteiger partial charge on any atom is -0.391 e. The van der Waals surface area contributed by atoms with E-state index in [1.54, 1.807) is 0 Å². The number of nitrogens with zero attached hydrogens (tertiary/aromatic N) is 1. The normalized spacial score (nSPS) is 14.3. The second-order valence-electron chi connectivity index (χ2n) is 19.6. The average molecular weight is 910 g/mol. The van der Waals surface area contributed by atoms with Gasteiger partial charge in [-0.05, 0) is 51.4 Å². The molecule has 0 aliphatic carbocycles. The summed E-state index contributed by atoms with van der Waals surface area (Å²) in [6.07, 6.45) is 57.5. The van der Waals surface area contributed by atoms with Gasteiger partial charge in [-0.2, -0.15) is 0 Å². The molecule has 0 radical (unpaired) electrons. The summed E-state index contributed by atoms with van der Waals surface area (Å²) < 4.78 is 23.7. The number of phosphoric acid groups is 1. The van der Waals surface area contributed by atoms with Crippen LogP contribution in [0, 0.1) is 0 Å². The quantitative estimate of drug-likeness (QED) is 0.0243. The zero-order valence-electron chi connectivity index (χ0n) is 42.3. The predicted molar refractivity (Wildman–Crippen MR) is 272 cm³/mol. The standard InChI is InChI=1S/C54H105N2O6P/c1-6-8-10-12-14-16-18-20-22-24-26-28-30-32-34-36-38-40-42-44-46-48-54(58)55-52(51-62-63(59,60)61-50-49-56(3,4)5)53(57)47-45-43-41-39-37-35-33-31-29-27-25-23-21-19-17-15-13-11-9-7-2/h18,20,24,26,30,32,52-53,57H,6-17,19,21-23,25,27-29,31,33-51H2,1-5H3,(H-,55,58,59,60)/p+1/b20-18-,26-24-,32-30-. The predicted octanol–water partition coefficient (Wildman–Crippen LogP) is 15.8. The number of nitrogens with one attached hydrogen (secondary N) is 1. The molecule has 0 aliphatic heterocycles. The molecule has 0 heterocycles. The van der Waals surface area contributed by atoms with Crippen LogP contribution in [0.25, 0.3) is 0 Å². The number of rotatable bonds is 49. The maximum absolute atomic E-state index is 13.0. The summed E-state index contributed by atoms with van der Waals surface area (Å²) in [6.45, 7) is 4.89. The Morgan fingerprint density at radius 1 is 0.540 bits per heavy atom. The molecule has 0 aliphatic rings. The first-order valence-electron chi connectivity index (χ1n) is 26.9. The van der Waals surface area contributed by atoms with E-state index in [-0.39, 0.29) is 19.1 Å². The van der Waals surface area contributed by atoms with Crippen LogP contribution in [0.3, 0.4) is 0 Å². The van der Waals surface area contributed by atoms with Gasteiger partial charge in [0.2, 0.25) is 5.91 Å². The summed E-state index contributed by atoms with van der Waals surface area (Å²) in [5, 5.41) is 14.0. The third-order valence-electron chi connectivity index (χ3n) is 12.1. The van der Waals surface area contributed by atoms with E-state index in [4.69, 9.17) is 9.05 Å². The van der Waals surface area contributed by atoms with Gasteiger partial charge >= 0.3 is 7.82 Å². The summed E-state index contributed by atoms with van der Waals surface area (Å²) in [7, 11) is 1.61. The summed E-state index contributed by atoms with van der Waals surface area (Å²) in [4.78, 5) is 23.3. The molecule has 0 rings (SSSR count). The number of hydrogen-bond acceptors (Lipinski definition) is 5. The minimum atomic E-state index is -4.32. The molecule has 0 fully saturated rings. The summed E-state index contributed by atoms with van der Waals surface area (Å²) in [5.74, 6) is -0.155. The molecule has 0 bridgehead atoms. The Kier molecular flexibility index (Phi) is 44.9. The molecule has 0 saturated heterocycles. The fourth-order valence-electron chi connectivity index (χ4n) is 7.88. The van der Waals surface area contributed by atoms with E-state index in [1.165, 1.54) is 161 Å². The first kappa shape index (κ1) is 61.7. The number of hydrogen-bond donors (Lipinski definition) is 3. The van der Waals surface area contributed by atoms with E-state index < -0.39 is 20.0 Å². The van der Waals surface area contributed by atoms with Gasteiger partial charge in [-0.1, -0.05) is 230 Å². The second kappa shape index (κ2) is 45.9. The van der Waals surface area contributed by atoms with Crippen LogP contribution in [0.15, 0.2) is 36.5 Å². The van der Waals surface area contributed by atoms with E-state index in [0.29, 0.717) is 23.9 Å². The number of likely N-dealkylation sites (N-methyl/N-ethyl adjacent to an activating group) is 1. The number of aliphatic hydroxyl groups excluding tert-OH is 1. The van der Waals surface area contributed by atoms with Crippen molar-refractivity contribution in [3.8, 4) is 0 Å². The fourth-order valence-corrected chi connectivity index (χ4v) is 8.61. The van der Waals surface area contributed by atoms with Gasteiger partial charge in [-0.15, -0.1) is 0 Å². The van der Waals surface area contributed by atoms with Crippen molar-refractivity contribution in [3.63, 3.8) is 0 Å². The Morgan fingerprint density at radius 3 is 1.32 bits per heavy atom.